The molecule has 1 aromatic rings. The Balaban J connectivity index is 2.34. The van der Waals surface area contributed by atoms with Gasteiger partial charge in [0.15, 0.2) is 0 Å². The van der Waals surface area contributed by atoms with Crippen molar-refractivity contribution < 1.29 is 0 Å². The van der Waals surface area contributed by atoms with Gasteiger partial charge in [-0.05, 0) is 37.4 Å². The fraction of sp³-hybridized carbons (Fsp3) is 0.739. The minimum atomic E-state index is 0.0829. The van der Waals surface area contributed by atoms with Crippen LogP contribution in [0.2, 0.25) is 0 Å². The lowest BCUT2D eigenvalue weighted by atomic mass is 10.1. The second kappa shape index (κ2) is 14.9. The molecular formula is C23H41P. The Morgan fingerprint density at radius 2 is 1.00 bits per heavy atom. The minimum absolute atomic E-state index is 0.0829. The number of aryl methyl sites for hydroxylation is 1. The Bertz CT molecular complexity index is 366. The highest BCUT2D eigenvalue weighted by atomic mass is 31.1. The van der Waals surface area contributed by atoms with Gasteiger partial charge in [-0.2, -0.15) is 0 Å². The summed E-state index contributed by atoms with van der Waals surface area (Å²) in [6.07, 6.45) is 20.0. The first kappa shape index (κ1) is 21.7. The summed E-state index contributed by atoms with van der Waals surface area (Å²) in [4.78, 5) is 0. The van der Waals surface area contributed by atoms with Crippen LogP contribution < -0.4 is 5.30 Å². The second-order valence-electron chi connectivity index (χ2n) is 7.36. The van der Waals surface area contributed by atoms with E-state index in [-0.39, 0.29) is 7.92 Å². The number of hydrogen-bond acceptors (Lipinski definition) is 0. The molecule has 1 aromatic carbocycles. The summed E-state index contributed by atoms with van der Waals surface area (Å²) in [7, 11) is 0.0829. The Hall–Kier alpha value is -0.350. The Morgan fingerprint density at radius 1 is 0.583 bits per heavy atom. The standard InChI is InChI=1S/C23H41P/c1-4-6-8-10-12-14-20-24(21-15-13-11-9-7-5-2)23-18-16-22(3)17-19-23/h16-19H,4-15,20-21H2,1-3H3. The maximum absolute atomic E-state index is 2.41. The van der Waals surface area contributed by atoms with Crippen molar-refractivity contribution in [2.45, 2.75) is 97.8 Å². The third kappa shape index (κ3) is 10.5. The van der Waals surface area contributed by atoms with E-state index in [2.05, 4.69) is 45.0 Å². The number of benzene rings is 1. The molecule has 0 bridgehead atoms. The van der Waals surface area contributed by atoms with Gasteiger partial charge < -0.3 is 0 Å². The van der Waals surface area contributed by atoms with Crippen molar-refractivity contribution in [3.05, 3.63) is 29.8 Å². The lowest BCUT2D eigenvalue weighted by Gasteiger charge is -2.18. The second-order valence-corrected chi connectivity index (χ2v) is 9.85. The molecule has 1 heteroatoms. The normalized spacial score (nSPS) is 11.3. The minimum Gasteiger partial charge on any atom is -0.0753 e. The summed E-state index contributed by atoms with van der Waals surface area (Å²) in [5.41, 5.74) is 1.40. The van der Waals surface area contributed by atoms with Crippen LogP contribution >= 0.6 is 7.92 Å². The van der Waals surface area contributed by atoms with Crippen LogP contribution in [0.5, 0.6) is 0 Å². The van der Waals surface area contributed by atoms with Crippen molar-refractivity contribution in [3.63, 3.8) is 0 Å². The molecule has 0 fully saturated rings. The lowest BCUT2D eigenvalue weighted by Crippen LogP contribution is -2.07. The molecule has 0 aromatic heterocycles. The third-order valence-electron chi connectivity index (χ3n) is 4.96. The van der Waals surface area contributed by atoms with Crippen molar-refractivity contribution in [1.82, 2.24) is 0 Å². The third-order valence-corrected chi connectivity index (χ3v) is 7.70. The summed E-state index contributed by atoms with van der Waals surface area (Å²) >= 11 is 0. The Labute approximate surface area is 153 Å². The van der Waals surface area contributed by atoms with E-state index in [1.807, 2.05) is 0 Å². The Morgan fingerprint density at radius 3 is 1.46 bits per heavy atom. The van der Waals surface area contributed by atoms with E-state index >= 15 is 0 Å². The average Bonchev–Trinajstić information content (AvgIpc) is 2.60. The van der Waals surface area contributed by atoms with Crippen molar-refractivity contribution in [2.24, 2.45) is 0 Å². The zero-order chi connectivity index (χ0) is 17.5. The molecule has 24 heavy (non-hydrogen) atoms. The van der Waals surface area contributed by atoms with Gasteiger partial charge in [0.25, 0.3) is 0 Å². The van der Waals surface area contributed by atoms with Gasteiger partial charge in [0.1, 0.15) is 0 Å². The highest BCUT2D eigenvalue weighted by Crippen LogP contribution is 2.37. The molecule has 1 rings (SSSR count). The lowest BCUT2D eigenvalue weighted by molar-refractivity contribution is 0.622. The first-order chi connectivity index (χ1) is 11.8. The topological polar surface area (TPSA) is 0 Å². The molecule has 0 saturated heterocycles. The van der Waals surface area contributed by atoms with Gasteiger partial charge in [-0.25, -0.2) is 0 Å². The summed E-state index contributed by atoms with van der Waals surface area (Å²) in [5.74, 6) is 0. The zero-order valence-corrected chi connectivity index (χ0v) is 17.6. The summed E-state index contributed by atoms with van der Waals surface area (Å²) < 4.78 is 0. The van der Waals surface area contributed by atoms with Crippen LogP contribution in [0, 0.1) is 6.92 Å². The van der Waals surface area contributed by atoms with Crippen molar-refractivity contribution in [2.75, 3.05) is 12.3 Å². The molecule has 0 heterocycles. The van der Waals surface area contributed by atoms with Gasteiger partial charge in [-0.3, -0.25) is 0 Å². The molecule has 0 aliphatic heterocycles. The monoisotopic (exact) mass is 348 g/mol. The van der Waals surface area contributed by atoms with Gasteiger partial charge in [0.2, 0.25) is 0 Å². The van der Waals surface area contributed by atoms with Crippen LogP contribution in [-0.2, 0) is 0 Å². The fourth-order valence-electron chi connectivity index (χ4n) is 3.29. The van der Waals surface area contributed by atoms with Gasteiger partial charge in [0, 0.05) is 0 Å². The summed E-state index contributed by atoms with van der Waals surface area (Å²) in [6.45, 7) is 6.81. The molecule has 0 amide bonds. The molecule has 0 spiro atoms. The van der Waals surface area contributed by atoms with Gasteiger partial charge >= 0.3 is 0 Å². The molecule has 0 radical (unpaired) electrons. The van der Waals surface area contributed by atoms with Crippen LogP contribution in [0.25, 0.3) is 0 Å². The average molecular weight is 349 g/mol. The molecule has 0 nitrogen and oxygen atoms in total. The van der Waals surface area contributed by atoms with Crippen LogP contribution in [0.15, 0.2) is 24.3 Å². The Kier molecular flexibility index (Phi) is 13.5. The van der Waals surface area contributed by atoms with E-state index in [1.165, 1.54) is 94.9 Å². The van der Waals surface area contributed by atoms with Gasteiger partial charge in [-0.15, -0.1) is 0 Å². The van der Waals surface area contributed by atoms with E-state index in [4.69, 9.17) is 0 Å². The number of hydrogen-bond donors (Lipinski definition) is 0. The molecule has 0 aliphatic rings. The predicted octanol–water partition coefficient (Wildman–Crippen LogP) is 7.82. The zero-order valence-electron chi connectivity index (χ0n) is 16.7. The predicted molar refractivity (Wildman–Crippen MR) is 114 cm³/mol. The van der Waals surface area contributed by atoms with Gasteiger partial charge in [0.05, 0.1) is 0 Å². The molecule has 0 N–H and O–H groups in total. The molecule has 138 valence electrons. The van der Waals surface area contributed by atoms with E-state index in [0.29, 0.717) is 0 Å². The highest BCUT2D eigenvalue weighted by molar-refractivity contribution is 7.65. The maximum Gasteiger partial charge on any atom is -0.0240 e. The van der Waals surface area contributed by atoms with Crippen LogP contribution in [-0.4, -0.2) is 12.3 Å². The quantitative estimate of drug-likeness (QED) is 0.224. The summed E-state index contributed by atoms with van der Waals surface area (Å²) in [6, 6.07) is 9.45. The first-order valence-electron chi connectivity index (χ1n) is 10.6. The number of unbranched alkanes of at least 4 members (excludes halogenated alkanes) is 10. The van der Waals surface area contributed by atoms with Crippen LogP contribution in [0.3, 0.4) is 0 Å². The summed E-state index contributed by atoms with van der Waals surface area (Å²) in [5, 5.41) is 1.65. The van der Waals surface area contributed by atoms with Gasteiger partial charge in [-0.1, -0.05) is 116 Å². The molecule has 0 aliphatic carbocycles. The maximum atomic E-state index is 2.41. The molecular weight excluding hydrogens is 307 g/mol. The van der Waals surface area contributed by atoms with E-state index in [0.717, 1.165) is 0 Å². The molecule has 0 atom stereocenters. The van der Waals surface area contributed by atoms with E-state index in [1.54, 1.807) is 5.30 Å². The van der Waals surface area contributed by atoms with Crippen molar-refractivity contribution >= 4 is 13.2 Å². The fourth-order valence-corrected chi connectivity index (χ4v) is 5.81. The smallest absolute Gasteiger partial charge is 0.0240 e. The SMILES string of the molecule is CCCCCCCCP(CCCCCCCC)c1ccc(C)cc1. The first-order valence-corrected chi connectivity index (χ1v) is 12.3. The van der Waals surface area contributed by atoms with Crippen LogP contribution in [0.4, 0.5) is 0 Å². The number of rotatable bonds is 15. The van der Waals surface area contributed by atoms with Crippen molar-refractivity contribution in [1.29, 1.82) is 0 Å². The molecule has 0 unspecified atom stereocenters. The van der Waals surface area contributed by atoms with E-state index in [9.17, 15) is 0 Å². The molecule has 0 saturated carbocycles. The van der Waals surface area contributed by atoms with Crippen LogP contribution in [0.1, 0.15) is 96.5 Å². The largest absolute Gasteiger partial charge is 0.0753 e. The van der Waals surface area contributed by atoms with Crippen molar-refractivity contribution in [3.8, 4) is 0 Å². The highest BCUT2D eigenvalue weighted by Gasteiger charge is 2.10. The van der Waals surface area contributed by atoms with E-state index < -0.39 is 0 Å².